The van der Waals surface area contributed by atoms with Gasteiger partial charge in [0.25, 0.3) is 0 Å². The van der Waals surface area contributed by atoms with E-state index in [2.05, 4.69) is 5.32 Å². The molecule has 88 valence electrons. The lowest BCUT2D eigenvalue weighted by atomic mass is 9.95. The molecule has 1 fully saturated rings. The zero-order chi connectivity index (χ0) is 12.1. The number of amides is 1. The average molecular weight is 224 g/mol. The van der Waals surface area contributed by atoms with E-state index in [1.807, 2.05) is 13.0 Å². The number of carboxylic acid groups (broad SMARTS) is 1. The summed E-state index contributed by atoms with van der Waals surface area (Å²) in [4.78, 5) is 22.7. The first-order valence-corrected chi connectivity index (χ1v) is 5.47. The van der Waals surface area contributed by atoms with E-state index < -0.39 is 17.8 Å². The molecule has 0 radical (unpaired) electrons. The Bertz CT molecular complexity index is 322. The lowest BCUT2D eigenvalue weighted by Crippen LogP contribution is -2.35. The zero-order valence-electron chi connectivity index (χ0n) is 9.27. The van der Waals surface area contributed by atoms with Crippen molar-refractivity contribution in [2.24, 2.45) is 17.8 Å². The Balaban J connectivity index is 2.66. The van der Waals surface area contributed by atoms with Gasteiger partial charge in [-0.1, -0.05) is 13.3 Å². The normalized spacial score (nSPS) is 28.4. The second-order valence-electron chi connectivity index (χ2n) is 4.17. The molecule has 1 saturated carbocycles. The summed E-state index contributed by atoms with van der Waals surface area (Å²) in [5.74, 6) is -1.98. The molecule has 5 nitrogen and oxygen atoms in total. The summed E-state index contributed by atoms with van der Waals surface area (Å²) >= 11 is 0. The number of rotatable bonds is 4. The second kappa shape index (κ2) is 5.50. The second-order valence-corrected chi connectivity index (χ2v) is 4.17. The summed E-state index contributed by atoms with van der Waals surface area (Å²) < 4.78 is 0. The van der Waals surface area contributed by atoms with Crippen molar-refractivity contribution >= 4 is 11.9 Å². The standard InChI is InChI=1S/C11H16N2O3/c1-2-7-5-8(9(6-7)11(15)16)10(14)13-4-3-12/h7-9H,2,4-6H2,1H3,(H,13,14)(H,15,16)/t7?,8-,9+/m0/s1. The Hall–Kier alpha value is -1.57. The van der Waals surface area contributed by atoms with Crippen LogP contribution in [0.4, 0.5) is 0 Å². The van der Waals surface area contributed by atoms with Crippen molar-refractivity contribution in [3.8, 4) is 6.07 Å². The quantitative estimate of drug-likeness (QED) is 0.690. The fraction of sp³-hybridized carbons (Fsp3) is 0.727. The molecular weight excluding hydrogens is 208 g/mol. The van der Waals surface area contributed by atoms with Gasteiger partial charge in [-0.05, 0) is 18.8 Å². The van der Waals surface area contributed by atoms with Crippen LogP contribution in [0.15, 0.2) is 0 Å². The van der Waals surface area contributed by atoms with E-state index in [0.29, 0.717) is 18.8 Å². The number of hydrogen-bond donors (Lipinski definition) is 2. The molecule has 1 rings (SSSR count). The molecule has 2 N–H and O–H groups in total. The summed E-state index contributed by atoms with van der Waals surface area (Å²) in [5, 5.41) is 19.8. The van der Waals surface area contributed by atoms with Crippen molar-refractivity contribution in [3.63, 3.8) is 0 Å². The Labute approximate surface area is 94.4 Å². The van der Waals surface area contributed by atoms with Gasteiger partial charge in [0.05, 0.1) is 17.9 Å². The molecule has 1 aliphatic rings. The van der Waals surface area contributed by atoms with Crippen LogP contribution in [-0.4, -0.2) is 23.5 Å². The van der Waals surface area contributed by atoms with Crippen LogP contribution in [0, 0.1) is 29.1 Å². The highest BCUT2D eigenvalue weighted by Gasteiger charge is 2.41. The molecule has 1 unspecified atom stereocenters. The molecule has 0 aromatic rings. The lowest BCUT2D eigenvalue weighted by Gasteiger charge is -2.13. The third-order valence-corrected chi connectivity index (χ3v) is 3.23. The van der Waals surface area contributed by atoms with Gasteiger partial charge in [-0.3, -0.25) is 9.59 Å². The fourth-order valence-corrected chi connectivity index (χ4v) is 2.30. The summed E-state index contributed by atoms with van der Waals surface area (Å²) in [7, 11) is 0. The number of nitrogens with one attached hydrogen (secondary N) is 1. The first-order valence-electron chi connectivity index (χ1n) is 5.47. The number of carboxylic acids is 1. The van der Waals surface area contributed by atoms with Crippen LogP contribution >= 0.6 is 0 Å². The van der Waals surface area contributed by atoms with E-state index in [0.717, 1.165) is 6.42 Å². The van der Waals surface area contributed by atoms with E-state index in [4.69, 9.17) is 10.4 Å². The van der Waals surface area contributed by atoms with Crippen LogP contribution in [0.25, 0.3) is 0 Å². The lowest BCUT2D eigenvalue weighted by molar-refractivity contribution is -0.146. The Morgan fingerprint density at radius 3 is 2.56 bits per heavy atom. The largest absolute Gasteiger partial charge is 0.481 e. The maximum atomic E-state index is 11.7. The van der Waals surface area contributed by atoms with E-state index in [9.17, 15) is 9.59 Å². The van der Waals surface area contributed by atoms with E-state index in [1.165, 1.54) is 0 Å². The van der Waals surface area contributed by atoms with Gasteiger partial charge in [-0.25, -0.2) is 0 Å². The van der Waals surface area contributed by atoms with Crippen LogP contribution in [0.1, 0.15) is 26.2 Å². The predicted molar refractivity (Wildman–Crippen MR) is 56.3 cm³/mol. The molecule has 16 heavy (non-hydrogen) atoms. The van der Waals surface area contributed by atoms with Gasteiger partial charge in [0.2, 0.25) is 5.91 Å². The molecule has 0 aliphatic heterocycles. The van der Waals surface area contributed by atoms with Crippen LogP contribution in [-0.2, 0) is 9.59 Å². The van der Waals surface area contributed by atoms with Crippen molar-refractivity contribution in [3.05, 3.63) is 0 Å². The minimum Gasteiger partial charge on any atom is -0.481 e. The highest BCUT2D eigenvalue weighted by Crippen LogP contribution is 2.38. The third kappa shape index (κ3) is 2.72. The number of nitriles is 1. The fourth-order valence-electron chi connectivity index (χ4n) is 2.30. The first-order chi connectivity index (χ1) is 7.60. The Morgan fingerprint density at radius 1 is 1.44 bits per heavy atom. The smallest absolute Gasteiger partial charge is 0.307 e. The van der Waals surface area contributed by atoms with Crippen LogP contribution in [0.3, 0.4) is 0 Å². The first kappa shape index (κ1) is 12.5. The maximum absolute atomic E-state index is 11.7. The molecule has 0 saturated heterocycles. The highest BCUT2D eigenvalue weighted by atomic mass is 16.4. The van der Waals surface area contributed by atoms with Gasteiger partial charge in [-0.2, -0.15) is 5.26 Å². The number of carbonyl (C=O) groups excluding carboxylic acids is 1. The number of nitrogens with zero attached hydrogens (tertiary/aromatic N) is 1. The summed E-state index contributed by atoms with van der Waals surface area (Å²) in [5.41, 5.74) is 0. The average Bonchev–Trinajstić information content (AvgIpc) is 2.70. The summed E-state index contributed by atoms with van der Waals surface area (Å²) in [6, 6.07) is 1.81. The molecular formula is C11H16N2O3. The van der Waals surface area contributed by atoms with Gasteiger partial charge in [0, 0.05) is 0 Å². The monoisotopic (exact) mass is 224 g/mol. The van der Waals surface area contributed by atoms with E-state index in [-0.39, 0.29) is 12.5 Å². The summed E-state index contributed by atoms with van der Waals surface area (Å²) in [6.45, 7) is 1.94. The molecule has 0 aromatic carbocycles. The minimum atomic E-state index is -0.909. The predicted octanol–water partition coefficient (Wildman–Crippen LogP) is 0.763. The molecule has 3 atom stereocenters. The van der Waals surface area contributed by atoms with Crippen LogP contribution in [0.5, 0.6) is 0 Å². The van der Waals surface area contributed by atoms with Gasteiger partial charge in [-0.15, -0.1) is 0 Å². The maximum Gasteiger partial charge on any atom is 0.307 e. The Kier molecular flexibility index (Phi) is 4.29. The topological polar surface area (TPSA) is 90.2 Å². The van der Waals surface area contributed by atoms with Gasteiger partial charge < -0.3 is 10.4 Å². The molecule has 0 bridgehead atoms. The van der Waals surface area contributed by atoms with Crippen molar-refractivity contribution in [2.75, 3.05) is 6.54 Å². The van der Waals surface area contributed by atoms with Crippen molar-refractivity contribution < 1.29 is 14.7 Å². The molecule has 0 spiro atoms. The van der Waals surface area contributed by atoms with Crippen molar-refractivity contribution in [1.82, 2.24) is 5.32 Å². The molecule has 0 aromatic heterocycles. The number of carbonyl (C=O) groups is 2. The molecule has 1 aliphatic carbocycles. The molecule has 1 amide bonds. The number of hydrogen-bond acceptors (Lipinski definition) is 3. The highest BCUT2D eigenvalue weighted by molar-refractivity contribution is 5.85. The van der Waals surface area contributed by atoms with Gasteiger partial charge >= 0.3 is 5.97 Å². The van der Waals surface area contributed by atoms with Crippen molar-refractivity contribution in [2.45, 2.75) is 26.2 Å². The van der Waals surface area contributed by atoms with Crippen LogP contribution < -0.4 is 5.32 Å². The van der Waals surface area contributed by atoms with E-state index in [1.54, 1.807) is 0 Å². The van der Waals surface area contributed by atoms with Gasteiger partial charge in [0.15, 0.2) is 0 Å². The van der Waals surface area contributed by atoms with Crippen LogP contribution in [0.2, 0.25) is 0 Å². The third-order valence-electron chi connectivity index (χ3n) is 3.23. The molecule has 5 heteroatoms. The van der Waals surface area contributed by atoms with E-state index >= 15 is 0 Å². The SMILES string of the molecule is CCC1C[C@H](C(=O)NCC#N)[C@H](C(=O)O)C1. The summed E-state index contributed by atoms with van der Waals surface area (Å²) in [6.07, 6.45) is 2.08. The molecule has 0 heterocycles. The minimum absolute atomic E-state index is 0.0571. The number of aliphatic carboxylic acids is 1. The van der Waals surface area contributed by atoms with Gasteiger partial charge in [0.1, 0.15) is 6.54 Å². The van der Waals surface area contributed by atoms with Crippen molar-refractivity contribution in [1.29, 1.82) is 5.26 Å². The zero-order valence-corrected chi connectivity index (χ0v) is 9.27. The Morgan fingerprint density at radius 2 is 2.06 bits per heavy atom.